The van der Waals surface area contributed by atoms with Crippen molar-refractivity contribution in [1.82, 2.24) is 0 Å². The van der Waals surface area contributed by atoms with Crippen LogP contribution in [0.3, 0.4) is 0 Å². The molecule has 0 bridgehead atoms. The van der Waals surface area contributed by atoms with Gasteiger partial charge in [-0.25, -0.2) is 47.9 Å². The molecule has 1 aliphatic rings. The Bertz CT molecular complexity index is 5970. The first kappa shape index (κ1) is 85.0. The van der Waals surface area contributed by atoms with E-state index >= 15 is 14.4 Å². The summed E-state index contributed by atoms with van der Waals surface area (Å²) >= 11 is 0. The van der Waals surface area contributed by atoms with E-state index in [-0.39, 0.29) is 5.56 Å². The molecule has 0 unspecified atom stereocenters. The molecule has 1 fully saturated rings. The predicted octanol–water partition coefficient (Wildman–Crippen LogP) is 5.44. The Morgan fingerprint density at radius 3 is 0.664 bits per heavy atom. The summed E-state index contributed by atoms with van der Waals surface area (Å²) in [6.45, 7) is -0.482. The molecule has 0 spiro atoms. The third-order valence-corrected chi connectivity index (χ3v) is 17.2. The molecule has 24 N–H and O–H groups in total. The molecular formula is C77H54O45. The van der Waals surface area contributed by atoms with Gasteiger partial charge in [-0.15, -0.1) is 0 Å². The maximum absolute atomic E-state index is 15.3. The lowest BCUT2D eigenvalue weighted by molar-refractivity contribution is -0.282. The number of benzene rings is 10. The fourth-order valence-electron chi connectivity index (χ4n) is 10.9. The Kier molecular flexibility index (Phi) is 23.3. The van der Waals surface area contributed by atoms with E-state index in [2.05, 4.69) is 0 Å². The van der Waals surface area contributed by atoms with Gasteiger partial charge >= 0.3 is 59.7 Å². The zero-order chi connectivity index (χ0) is 89.4. The molecule has 122 heavy (non-hydrogen) atoms. The summed E-state index contributed by atoms with van der Waals surface area (Å²) < 4.78 is 60.7. The first-order valence-corrected chi connectivity index (χ1v) is 33.5. The number of carbonyl (C=O) groups is 10. The van der Waals surface area contributed by atoms with Gasteiger partial charge < -0.3 is 175 Å². The summed E-state index contributed by atoms with van der Waals surface area (Å²) in [4.78, 5) is 143. The van der Waals surface area contributed by atoms with Crippen molar-refractivity contribution in [3.8, 4) is 167 Å². The number of aromatic hydroxyl groups is 24. The van der Waals surface area contributed by atoms with Gasteiger partial charge in [0.25, 0.3) is 0 Å². The van der Waals surface area contributed by atoms with Crippen LogP contribution in [0.25, 0.3) is 0 Å². The molecule has 45 heteroatoms. The van der Waals surface area contributed by atoms with Gasteiger partial charge in [0, 0.05) is 5.56 Å². The van der Waals surface area contributed by atoms with Gasteiger partial charge in [0.1, 0.15) is 24.2 Å². The fraction of sp³-hybridized carbons (Fsp3) is 0.0909. The highest BCUT2D eigenvalue weighted by Crippen LogP contribution is 2.47. The lowest BCUT2D eigenvalue weighted by Crippen LogP contribution is -2.63. The van der Waals surface area contributed by atoms with E-state index in [1.165, 1.54) is 6.92 Å². The van der Waals surface area contributed by atoms with Crippen LogP contribution in [0, 0.1) is 6.92 Å². The molecule has 1 heterocycles. The SMILES string of the molecule is Cc1c(O)cc(C(=O)Oc2cc(C(=O)O[C@H]3[C@H](OC(=O)c4cc(O)c(O)c(OC(=O)c5cc(O)c(O)c(O)c5)c4)O[C@H](COC(=O)c4cc(O)c(O)c(OC(=O)c5cc(O)c(O)c(O)c5)c4)[C@@H](OC(=O)c4cc(O)c(O)c(OC(=O)c5cc(O)c(O)c(O)c5)c4)[C@@H]3OC(=O)c3cc(O)c(O)c(OC(=O)c4cc(O)c(O)c(O)c4)c3)cc(O)c2O)cc1O. The number of ether oxygens (including phenoxy) is 11. The summed E-state index contributed by atoms with van der Waals surface area (Å²) in [5.74, 6) is -53.3. The van der Waals surface area contributed by atoms with Crippen LogP contribution in [0.4, 0.5) is 0 Å². The lowest BCUT2D eigenvalue weighted by Gasteiger charge is -2.43. The average molecular weight is 1700 g/mol. The summed E-state index contributed by atoms with van der Waals surface area (Å²) in [6, 6.07) is 9.29. The molecule has 45 nitrogen and oxygen atoms in total. The van der Waals surface area contributed by atoms with E-state index in [0.717, 1.165) is 12.1 Å². The smallest absolute Gasteiger partial charge is 0.343 e. The van der Waals surface area contributed by atoms with Gasteiger partial charge in [0.15, 0.2) is 139 Å². The molecule has 5 atom stereocenters. The standard InChI is InChI=1S/C77H54O45/c1-23-34(78)2-24(3-35(23)79)68(103)114-52-20-32(15-47(91)62(52)100)75(110)121-66-65(120-74(109)31-14-46(90)61(99)51(19-31)116-71(106)27-8-40(84)57(95)41(85)9-27)64(119-73(108)30-13-45(89)60(98)50(18-30)115-70(105)26-6-38(82)56(94)39(83)7-26)54(22-112-67(102)29-12-44(88)59(97)49(17-29)113-69(104)25-4-36(80)55(93)37(81)5-25)118-77(66)122-76(111)33-16-48(92)63(101)53(21-33)117-72(107)28-10-42(86)58(96)43(87)11-28/h2-21,54,64-66,77-101H,22H2,1H3/t54-,64-,65+,66-,77+/m1/s1. The molecule has 0 saturated carbocycles. The largest absolute Gasteiger partial charge is 0.508 e. The minimum atomic E-state index is -3.09. The van der Waals surface area contributed by atoms with Crippen molar-refractivity contribution in [1.29, 1.82) is 0 Å². The molecular weight excluding hydrogens is 1640 g/mol. The number of hydrogen-bond donors (Lipinski definition) is 24. The van der Waals surface area contributed by atoms with Crippen LogP contribution >= 0.6 is 0 Å². The molecule has 11 rings (SSSR count). The first-order chi connectivity index (χ1) is 57.4. The molecule has 0 amide bonds. The quantitative estimate of drug-likeness (QED) is 0.0184. The van der Waals surface area contributed by atoms with Gasteiger partial charge in [-0.2, -0.15) is 0 Å². The van der Waals surface area contributed by atoms with Crippen LogP contribution in [0.1, 0.15) is 109 Å². The van der Waals surface area contributed by atoms with Crippen molar-refractivity contribution in [2.24, 2.45) is 0 Å². The van der Waals surface area contributed by atoms with Crippen LogP contribution in [0.15, 0.2) is 121 Å². The van der Waals surface area contributed by atoms with E-state index in [9.17, 15) is 156 Å². The monoisotopic (exact) mass is 1700 g/mol. The Morgan fingerprint density at radius 1 is 0.230 bits per heavy atom. The van der Waals surface area contributed by atoms with Crippen LogP contribution in [0.2, 0.25) is 0 Å². The van der Waals surface area contributed by atoms with Crippen molar-refractivity contribution < 1.29 is 223 Å². The fourth-order valence-corrected chi connectivity index (χ4v) is 10.9. The number of esters is 10. The average Bonchev–Trinajstić information content (AvgIpc) is 0.763. The minimum absolute atomic E-state index is 0.166. The van der Waals surface area contributed by atoms with Crippen LogP contribution in [0.5, 0.6) is 167 Å². The van der Waals surface area contributed by atoms with E-state index in [4.69, 9.17) is 52.1 Å². The molecule has 1 saturated heterocycles. The van der Waals surface area contributed by atoms with E-state index in [1.54, 1.807) is 0 Å². The lowest BCUT2D eigenvalue weighted by atomic mass is 9.97. The third kappa shape index (κ3) is 17.6. The van der Waals surface area contributed by atoms with Gasteiger partial charge in [-0.1, -0.05) is 0 Å². The highest BCUT2D eigenvalue weighted by molar-refractivity contribution is 6.00. The maximum atomic E-state index is 15.3. The summed E-state index contributed by atoms with van der Waals surface area (Å²) in [6.07, 6.45) is -15.0. The topological polar surface area (TPSA) is 758 Å². The second kappa shape index (κ2) is 33.5. The second-order valence-electron chi connectivity index (χ2n) is 25.4. The van der Waals surface area contributed by atoms with E-state index < -0.39 is 319 Å². The Hall–Kier alpha value is -17.9. The Labute approximate surface area is 673 Å². The predicted molar refractivity (Wildman–Crippen MR) is 386 cm³/mol. The summed E-state index contributed by atoms with van der Waals surface area (Å²) in [7, 11) is 0. The Balaban J connectivity index is 1.09. The van der Waals surface area contributed by atoms with Crippen molar-refractivity contribution >= 4 is 59.7 Å². The number of rotatable bonds is 21. The number of carbonyl (C=O) groups excluding carboxylic acids is 10. The van der Waals surface area contributed by atoms with Crippen LogP contribution in [-0.4, -0.2) is 220 Å². The maximum Gasteiger partial charge on any atom is 0.343 e. The van der Waals surface area contributed by atoms with E-state index in [1.807, 2.05) is 0 Å². The number of phenols is 24. The highest BCUT2D eigenvalue weighted by Gasteiger charge is 2.55. The molecule has 0 radical (unpaired) electrons. The van der Waals surface area contributed by atoms with Crippen molar-refractivity contribution in [3.05, 3.63) is 183 Å². The molecule has 10 aromatic carbocycles. The van der Waals surface area contributed by atoms with E-state index in [0.29, 0.717) is 109 Å². The zero-order valence-electron chi connectivity index (χ0n) is 60.4. The molecule has 1 aliphatic heterocycles. The van der Waals surface area contributed by atoms with Crippen molar-refractivity contribution in [2.75, 3.05) is 6.61 Å². The first-order valence-electron chi connectivity index (χ1n) is 33.5. The Morgan fingerprint density at radius 2 is 0.418 bits per heavy atom. The third-order valence-electron chi connectivity index (χ3n) is 17.2. The highest BCUT2D eigenvalue weighted by atomic mass is 16.8. The zero-order valence-corrected chi connectivity index (χ0v) is 60.4. The summed E-state index contributed by atoms with van der Waals surface area (Å²) in [5, 5.41) is 252. The summed E-state index contributed by atoms with van der Waals surface area (Å²) in [5.41, 5.74) is -9.77. The van der Waals surface area contributed by atoms with Crippen molar-refractivity contribution in [3.63, 3.8) is 0 Å². The molecule has 10 aromatic rings. The van der Waals surface area contributed by atoms with Gasteiger partial charge in [-0.3, -0.25) is 0 Å². The van der Waals surface area contributed by atoms with Crippen molar-refractivity contribution in [2.45, 2.75) is 37.6 Å². The normalized spacial score (nSPS) is 14.6. The van der Waals surface area contributed by atoms with Gasteiger partial charge in [0.05, 0.1) is 55.6 Å². The minimum Gasteiger partial charge on any atom is -0.508 e. The molecule has 632 valence electrons. The molecule has 0 aromatic heterocycles. The van der Waals surface area contributed by atoms with Gasteiger partial charge in [-0.05, 0) is 128 Å². The second-order valence-corrected chi connectivity index (χ2v) is 25.4. The number of hydrogen-bond acceptors (Lipinski definition) is 45. The number of phenolic OH excluding ortho intramolecular Hbond substituents is 24. The molecule has 0 aliphatic carbocycles. The van der Waals surface area contributed by atoms with Crippen LogP contribution in [-0.2, 0) is 28.4 Å². The van der Waals surface area contributed by atoms with Crippen LogP contribution < -0.4 is 23.7 Å². The van der Waals surface area contributed by atoms with Gasteiger partial charge in [0.2, 0.25) is 41.1 Å².